The molecule has 144 valence electrons. The maximum Gasteiger partial charge on any atom is 0.233 e. The summed E-state index contributed by atoms with van der Waals surface area (Å²) >= 11 is 0. The fourth-order valence-electron chi connectivity index (χ4n) is 3.79. The third kappa shape index (κ3) is 4.57. The lowest BCUT2D eigenvalue weighted by molar-refractivity contribution is 0.219. The lowest BCUT2D eigenvalue weighted by Gasteiger charge is -2.32. The van der Waals surface area contributed by atoms with Gasteiger partial charge in [0.15, 0.2) is 9.84 Å². The van der Waals surface area contributed by atoms with Crippen LogP contribution in [0.25, 0.3) is 0 Å². The summed E-state index contributed by atoms with van der Waals surface area (Å²) in [5, 5.41) is 11.8. The Labute approximate surface area is 154 Å². The van der Waals surface area contributed by atoms with E-state index >= 15 is 0 Å². The van der Waals surface area contributed by atoms with E-state index in [4.69, 9.17) is 15.7 Å². The average molecular weight is 382 g/mol. The molecule has 0 amide bonds. The van der Waals surface area contributed by atoms with Gasteiger partial charge in [-0.2, -0.15) is 0 Å². The lowest BCUT2D eigenvalue weighted by Crippen LogP contribution is -2.43. The molecule has 0 radical (unpaired) electrons. The number of nitrogens with zero attached hydrogens (tertiary/aromatic N) is 3. The van der Waals surface area contributed by atoms with E-state index < -0.39 is 9.84 Å². The maximum atomic E-state index is 11.4. The molecule has 2 atom stereocenters. The Morgan fingerprint density at radius 1 is 1.42 bits per heavy atom. The summed E-state index contributed by atoms with van der Waals surface area (Å²) in [6.45, 7) is 2.28. The van der Waals surface area contributed by atoms with Crippen LogP contribution in [-0.2, 0) is 9.84 Å². The van der Waals surface area contributed by atoms with Gasteiger partial charge in [0.1, 0.15) is 0 Å². The van der Waals surface area contributed by atoms with Crippen molar-refractivity contribution in [3.05, 3.63) is 18.3 Å². The van der Waals surface area contributed by atoms with E-state index in [1.54, 1.807) is 6.07 Å². The van der Waals surface area contributed by atoms with Gasteiger partial charge in [0, 0.05) is 31.6 Å². The molecule has 1 saturated carbocycles. The Morgan fingerprint density at radius 3 is 2.73 bits per heavy atom. The molecule has 2 fully saturated rings. The molecule has 8 nitrogen and oxygen atoms in total. The summed E-state index contributed by atoms with van der Waals surface area (Å²) in [6.07, 6.45) is 6.87. The van der Waals surface area contributed by atoms with Crippen LogP contribution in [0.15, 0.2) is 28.4 Å². The SMILES string of the molecule is CS(=O)(=O)c1ccc(OCC[C@@H]2C[C@@H]2C2CCN(/C(N)=N/O)CC2)nc1. The van der Waals surface area contributed by atoms with E-state index in [0.717, 1.165) is 44.5 Å². The van der Waals surface area contributed by atoms with Crippen LogP contribution < -0.4 is 10.5 Å². The number of sulfone groups is 1. The Balaban J connectivity index is 1.37. The van der Waals surface area contributed by atoms with E-state index in [1.807, 2.05) is 4.90 Å². The molecule has 1 aliphatic carbocycles. The molecule has 0 bridgehead atoms. The number of ether oxygens (including phenoxy) is 1. The van der Waals surface area contributed by atoms with Crippen molar-refractivity contribution in [3.8, 4) is 5.88 Å². The first kappa shape index (κ1) is 18.8. The molecule has 2 aliphatic rings. The average Bonchev–Trinajstić information content (AvgIpc) is 3.40. The Hall–Kier alpha value is -2.03. The fraction of sp³-hybridized carbons (Fsp3) is 0.647. The third-order valence-electron chi connectivity index (χ3n) is 5.42. The summed E-state index contributed by atoms with van der Waals surface area (Å²) in [5.74, 6) is 2.80. The molecule has 1 aromatic heterocycles. The largest absolute Gasteiger partial charge is 0.478 e. The van der Waals surface area contributed by atoms with Gasteiger partial charge in [-0.15, -0.1) is 0 Å². The molecule has 1 saturated heterocycles. The number of pyridine rings is 1. The molecular weight excluding hydrogens is 356 g/mol. The van der Waals surface area contributed by atoms with E-state index in [-0.39, 0.29) is 10.9 Å². The topological polar surface area (TPSA) is 118 Å². The van der Waals surface area contributed by atoms with Crippen LogP contribution in [0.5, 0.6) is 5.88 Å². The van der Waals surface area contributed by atoms with Gasteiger partial charge in [-0.05, 0) is 49.5 Å². The van der Waals surface area contributed by atoms with E-state index in [9.17, 15) is 8.42 Å². The summed E-state index contributed by atoms with van der Waals surface area (Å²) < 4.78 is 28.5. The number of likely N-dealkylation sites (tertiary alicyclic amines) is 1. The smallest absolute Gasteiger partial charge is 0.233 e. The van der Waals surface area contributed by atoms with Crippen molar-refractivity contribution in [2.45, 2.75) is 30.6 Å². The number of hydrogen-bond acceptors (Lipinski definition) is 6. The van der Waals surface area contributed by atoms with Crippen LogP contribution in [0, 0.1) is 17.8 Å². The zero-order valence-corrected chi connectivity index (χ0v) is 15.7. The highest BCUT2D eigenvalue weighted by atomic mass is 32.2. The summed E-state index contributed by atoms with van der Waals surface area (Å²) in [6, 6.07) is 3.12. The molecule has 3 N–H and O–H groups in total. The van der Waals surface area contributed by atoms with Gasteiger partial charge in [-0.1, -0.05) is 5.16 Å². The Morgan fingerprint density at radius 2 is 2.15 bits per heavy atom. The quantitative estimate of drug-likeness (QED) is 0.329. The molecule has 0 aromatic carbocycles. The number of aromatic nitrogens is 1. The van der Waals surface area contributed by atoms with Crippen LogP contribution in [0.2, 0.25) is 0 Å². The van der Waals surface area contributed by atoms with Crippen LogP contribution in [0.4, 0.5) is 0 Å². The Kier molecular flexibility index (Phi) is 5.55. The fourth-order valence-corrected chi connectivity index (χ4v) is 4.35. The van der Waals surface area contributed by atoms with Crippen LogP contribution in [0.3, 0.4) is 0 Å². The molecule has 0 spiro atoms. The van der Waals surface area contributed by atoms with Crippen LogP contribution >= 0.6 is 0 Å². The molecule has 1 aromatic rings. The number of rotatable bonds is 6. The number of guanidine groups is 1. The van der Waals surface area contributed by atoms with Crippen molar-refractivity contribution in [2.24, 2.45) is 28.6 Å². The predicted octanol–water partition coefficient (Wildman–Crippen LogP) is 1.31. The second kappa shape index (κ2) is 7.69. The van der Waals surface area contributed by atoms with E-state index in [1.165, 1.54) is 18.7 Å². The van der Waals surface area contributed by atoms with Crippen molar-refractivity contribution >= 4 is 15.8 Å². The van der Waals surface area contributed by atoms with Gasteiger partial charge in [-0.3, -0.25) is 0 Å². The van der Waals surface area contributed by atoms with Crippen molar-refractivity contribution in [1.82, 2.24) is 9.88 Å². The lowest BCUT2D eigenvalue weighted by atomic mass is 9.90. The standard InChI is InChI=1S/C17H26N4O4S/c1-26(23,24)14-2-3-16(19-11-14)25-9-6-13-10-15(13)12-4-7-21(8-5-12)17(18)20-22/h2-3,11-13,15,22H,4-10H2,1H3,(H2,18,20)/t13-,15-/m1/s1. The van der Waals surface area contributed by atoms with Gasteiger partial charge in [0.2, 0.25) is 11.8 Å². The molecule has 3 rings (SSSR count). The molecule has 1 aliphatic heterocycles. The maximum absolute atomic E-state index is 11.4. The number of nitrogens with two attached hydrogens (primary N) is 1. The summed E-state index contributed by atoms with van der Waals surface area (Å²) in [5.41, 5.74) is 5.64. The van der Waals surface area contributed by atoms with Crippen LogP contribution in [0.1, 0.15) is 25.7 Å². The van der Waals surface area contributed by atoms with Gasteiger partial charge in [0.05, 0.1) is 11.5 Å². The van der Waals surface area contributed by atoms with Crippen LogP contribution in [-0.4, -0.2) is 55.4 Å². The molecule has 9 heteroatoms. The van der Waals surface area contributed by atoms with Gasteiger partial charge in [-0.25, -0.2) is 13.4 Å². The van der Waals surface area contributed by atoms with Gasteiger partial charge < -0.3 is 20.6 Å². The van der Waals surface area contributed by atoms with Crippen molar-refractivity contribution in [3.63, 3.8) is 0 Å². The van der Waals surface area contributed by atoms with Gasteiger partial charge in [0.25, 0.3) is 0 Å². The zero-order chi connectivity index (χ0) is 18.7. The molecular formula is C17H26N4O4S. The first-order chi connectivity index (χ1) is 12.4. The van der Waals surface area contributed by atoms with E-state index in [0.29, 0.717) is 24.3 Å². The highest BCUT2D eigenvalue weighted by molar-refractivity contribution is 7.90. The minimum Gasteiger partial charge on any atom is -0.478 e. The molecule has 26 heavy (non-hydrogen) atoms. The second-order valence-electron chi connectivity index (χ2n) is 7.18. The highest BCUT2D eigenvalue weighted by Crippen LogP contribution is 2.49. The first-order valence-electron chi connectivity index (χ1n) is 8.90. The van der Waals surface area contributed by atoms with Crippen molar-refractivity contribution in [2.75, 3.05) is 26.0 Å². The predicted molar refractivity (Wildman–Crippen MR) is 96.8 cm³/mol. The number of hydrogen-bond donors (Lipinski definition) is 2. The molecule has 2 heterocycles. The zero-order valence-electron chi connectivity index (χ0n) is 14.9. The minimum atomic E-state index is -3.22. The molecule has 0 unspecified atom stereocenters. The number of piperidine rings is 1. The van der Waals surface area contributed by atoms with E-state index in [2.05, 4.69) is 10.1 Å². The monoisotopic (exact) mass is 382 g/mol. The highest BCUT2D eigenvalue weighted by Gasteiger charge is 2.43. The third-order valence-corrected chi connectivity index (χ3v) is 6.52. The normalized spacial score (nSPS) is 24.5. The summed E-state index contributed by atoms with van der Waals surface area (Å²) in [4.78, 5) is 6.17. The first-order valence-corrected chi connectivity index (χ1v) is 10.8. The van der Waals surface area contributed by atoms with Crippen molar-refractivity contribution < 1.29 is 18.4 Å². The Bertz CT molecular complexity index is 743. The minimum absolute atomic E-state index is 0.199. The summed E-state index contributed by atoms with van der Waals surface area (Å²) in [7, 11) is -3.22. The van der Waals surface area contributed by atoms with Crippen molar-refractivity contribution in [1.29, 1.82) is 0 Å². The number of oxime groups is 1. The second-order valence-corrected chi connectivity index (χ2v) is 9.20. The van der Waals surface area contributed by atoms with Gasteiger partial charge >= 0.3 is 0 Å².